The molecular weight excluding hydrogens is 122 g/mol. The molecule has 0 bridgehead atoms. The van der Waals surface area contributed by atoms with Gasteiger partial charge in [0.1, 0.15) is 0 Å². The van der Waals surface area contributed by atoms with Crippen LogP contribution in [0.25, 0.3) is 0 Å². The first kappa shape index (κ1) is 8.13. The van der Waals surface area contributed by atoms with Crippen molar-refractivity contribution in [2.45, 2.75) is 0 Å². The zero-order chi connectivity index (χ0) is 7.11. The first-order valence-corrected chi connectivity index (χ1v) is 2.37. The number of carbonyl (C=O) groups is 1. The predicted octanol–water partition coefficient (Wildman–Crippen LogP) is -0.394. The second kappa shape index (κ2) is 5.27. The summed E-state index contributed by atoms with van der Waals surface area (Å²) in [5.74, 6) is 4.24. The third-order valence-corrected chi connectivity index (χ3v) is 0.648. The standard InChI is InChI=1S/C5H9NO3/c1-8-5(7)3-2-4-9-6/h2-3H,4,6H2,1H3/b3-2+. The largest absolute Gasteiger partial charge is 0.466 e. The highest BCUT2D eigenvalue weighted by atomic mass is 16.6. The van der Waals surface area contributed by atoms with Crippen LogP contribution in [-0.2, 0) is 14.4 Å². The van der Waals surface area contributed by atoms with Crippen LogP contribution in [0.1, 0.15) is 0 Å². The van der Waals surface area contributed by atoms with Crippen molar-refractivity contribution < 1.29 is 14.4 Å². The minimum absolute atomic E-state index is 0.217. The second-order valence-electron chi connectivity index (χ2n) is 1.26. The summed E-state index contributed by atoms with van der Waals surface area (Å²) in [5, 5.41) is 0. The van der Waals surface area contributed by atoms with Gasteiger partial charge in [0.15, 0.2) is 0 Å². The quantitative estimate of drug-likeness (QED) is 0.322. The Kier molecular flexibility index (Phi) is 4.76. The van der Waals surface area contributed by atoms with Crippen LogP contribution in [0.4, 0.5) is 0 Å². The van der Waals surface area contributed by atoms with Crippen molar-refractivity contribution in [2.24, 2.45) is 5.90 Å². The van der Waals surface area contributed by atoms with Crippen LogP contribution in [0.5, 0.6) is 0 Å². The Morgan fingerprint density at radius 2 is 2.44 bits per heavy atom. The van der Waals surface area contributed by atoms with E-state index < -0.39 is 5.97 Å². The molecule has 0 fully saturated rings. The van der Waals surface area contributed by atoms with E-state index in [1.807, 2.05) is 0 Å². The van der Waals surface area contributed by atoms with Crippen molar-refractivity contribution in [3.8, 4) is 0 Å². The number of hydrogen-bond acceptors (Lipinski definition) is 4. The van der Waals surface area contributed by atoms with Crippen molar-refractivity contribution in [2.75, 3.05) is 13.7 Å². The zero-order valence-electron chi connectivity index (χ0n) is 5.16. The number of hydrogen-bond donors (Lipinski definition) is 1. The van der Waals surface area contributed by atoms with Gasteiger partial charge in [-0.2, -0.15) is 0 Å². The SMILES string of the molecule is COC(=O)/C=C/CON. The minimum atomic E-state index is -0.410. The molecule has 0 aliphatic carbocycles. The summed E-state index contributed by atoms with van der Waals surface area (Å²) >= 11 is 0. The lowest BCUT2D eigenvalue weighted by Gasteiger charge is -1.88. The maximum absolute atomic E-state index is 10.3. The summed E-state index contributed by atoms with van der Waals surface area (Å²) in [7, 11) is 1.30. The number of rotatable bonds is 3. The van der Waals surface area contributed by atoms with Crippen molar-refractivity contribution in [1.29, 1.82) is 0 Å². The number of methoxy groups -OCH3 is 1. The molecule has 0 saturated carbocycles. The van der Waals surface area contributed by atoms with E-state index in [1.165, 1.54) is 19.3 Å². The molecule has 0 heterocycles. The molecule has 52 valence electrons. The molecule has 0 aliphatic heterocycles. The van der Waals surface area contributed by atoms with E-state index in [2.05, 4.69) is 15.5 Å². The summed E-state index contributed by atoms with van der Waals surface area (Å²) in [4.78, 5) is 14.4. The molecule has 0 rings (SSSR count). The Labute approximate surface area is 53.2 Å². The molecule has 9 heavy (non-hydrogen) atoms. The predicted molar refractivity (Wildman–Crippen MR) is 31.3 cm³/mol. The summed E-state index contributed by atoms with van der Waals surface area (Å²) in [6, 6.07) is 0. The van der Waals surface area contributed by atoms with Gasteiger partial charge in [-0.3, -0.25) is 0 Å². The smallest absolute Gasteiger partial charge is 0.330 e. The lowest BCUT2D eigenvalue weighted by atomic mass is 10.5. The molecule has 0 unspecified atom stereocenters. The molecule has 0 aromatic carbocycles. The summed E-state index contributed by atoms with van der Waals surface area (Å²) in [6.45, 7) is 0.217. The van der Waals surface area contributed by atoms with Crippen LogP contribution in [0, 0.1) is 0 Å². The van der Waals surface area contributed by atoms with Crippen molar-refractivity contribution in [3.05, 3.63) is 12.2 Å². The highest BCUT2D eigenvalue weighted by molar-refractivity contribution is 5.81. The highest BCUT2D eigenvalue weighted by Gasteiger charge is 1.87. The molecule has 0 aromatic rings. The van der Waals surface area contributed by atoms with Crippen molar-refractivity contribution >= 4 is 5.97 Å². The van der Waals surface area contributed by atoms with Crippen LogP contribution >= 0.6 is 0 Å². The first-order valence-electron chi connectivity index (χ1n) is 2.37. The molecule has 0 amide bonds. The van der Waals surface area contributed by atoms with E-state index >= 15 is 0 Å². The summed E-state index contributed by atoms with van der Waals surface area (Å²) in [5.41, 5.74) is 0. The number of esters is 1. The Bertz CT molecular complexity index is 111. The van der Waals surface area contributed by atoms with Gasteiger partial charge in [-0.25, -0.2) is 10.7 Å². The molecule has 2 N–H and O–H groups in total. The number of carbonyl (C=O) groups excluding carboxylic acids is 1. The molecular formula is C5H9NO3. The fourth-order valence-electron chi connectivity index (χ4n) is 0.268. The van der Waals surface area contributed by atoms with Gasteiger partial charge in [-0.1, -0.05) is 0 Å². The van der Waals surface area contributed by atoms with Gasteiger partial charge in [0.2, 0.25) is 0 Å². The van der Waals surface area contributed by atoms with E-state index in [1.54, 1.807) is 0 Å². The fraction of sp³-hybridized carbons (Fsp3) is 0.400. The molecule has 0 aliphatic rings. The molecule has 4 nitrogen and oxygen atoms in total. The molecule has 0 radical (unpaired) electrons. The Morgan fingerprint density at radius 1 is 1.78 bits per heavy atom. The van der Waals surface area contributed by atoms with E-state index in [-0.39, 0.29) is 6.61 Å². The van der Waals surface area contributed by atoms with Gasteiger partial charge in [0.25, 0.3) is 0 Å². The van der Waals surface area contributed by atoms with Crippen LogP contribution < -0.4 is 5.90 Å². The monoisotopic (exact) mass is 131 g/mol. The third kappa shape index (κ3) is 4.99. The fourth-order valence-corrected chi connectivity index (χ4v) is 0.268. The van der Waals surface area contributed by atoms with Crippen LogP contribution in [-0.4, -0.2) is 19.7 Å². The topological polar surface area (TPSA) is 61.5 Å². The Balaban J connectivity index is 3.32. The number of ether oxygens (including phenoxy) is 1. The van der Waals surface area contributed by atoms with Gasteiger partial charge >= 0.3 is 5.97 Å². The van der Waals surface area contributed by atoms with Crippen molar-refractivity contribution in [1.82, 2.24) is 0 Å². The molecule has 0 saturated heterocycles. The molecule has 0 atom stereocenters. The van der Waals surface area contributed by atoms with E-state index in [4.69, 9.17) is 0 Å². The Morgan fingerprint density at radius 3 is 2.89 bits per heavy atom. The van der Waals surface area contributed by atoms with Gasteiger partial charge in [-0.05, 0) is 6.08 Å². The highest BCUT2D eigenvalue weighted by Crippen LogP contribution is 1.76. The molecule has 4 heteroatoms. The van der Waals surface area contributed by atoms with Gasteiger partial charge < -0.3 is 9.57 Å². The molecule has 0 aromatic heterocycles. The maximum atomic E-state index is 10.3. The van der Waals surface area contributed by atoms with Crippen LogP contribution in [0.2, 0.25) is 0 Å². The van der Waals surface area contributed by atoms with E-state index in [0.29, 0.717) is 0 Å². The van der Waals surface area contributed by atoms with Gasteiger partial charge in [-0.15, -0.1) is 0 Å². The van der Waals surface area contributed by atoms with E-state index in [9.17, 15) is 4.79 Å². The molecule has 0 spiro atoms. The Hall–Kier alpha value is -0.870. The number of nitrogens with two attached hydrogens (primary N) is 1. The first-order chi connectivity index (χ1) is 4.31. The third-order valence-electron chi connectivity index (χ3n) is 0.648. The summed E-state index contributed by atoms with van der Waals surface area (Å²) in [6.07, 6.45) is 2.71. The van der Waals surface area contributed by atoms with Crippen molar-refractivity contribution in [3.63, 3.8) is 0 Å². The average molecular weight is 131 g/mol. The maximum Gasteiger partial charge on any atom is 0.330 e. The van der Waals surface area contributed by atoms with Crippen LogP contribution in [0.3, 0.4) is 0 Å². The van der Waals surface area contributed by atoms with E-state index in [0.717, 1.165) is 0 Å². The lowest BCUT2D eigenvalue weighted by Crippen LogP contribution is -1.99. The van der Waals surface area contributed by atoms with Gasteiger partial charge in [0.05, 0.1) is 13.7 Å². The van der Waals surface area contributed by atoms with Gasteiger partial charge in [0, 0.05) is 6.08 Å². The normalized spacial score (nSPS) is 10.0. The minimum Gasteiger partial charge on any atom is -0.466 e. The summed E-state index contributed by atoms with van der Waals surface area (Å²) < 4.78 is 4.27. The second-order valence-corrected chi connectivity index (χ2v) is 1.26. The average Bonchev–Trinajstić information content (AvgIpc) is 1.89. The zero-order valence-corrected chi connectivity index (χ0v) is 5.16. The van der Waals surface area contributed by atoms with Crippen LogP contribution in [0.15, 0.2) is 12.2 Å². The lowest BCUT2D eigenvalue weighted by molar-refractivity contribution is -0.134.